The fourth-order valence-corrected chi connectivity index (χ4v) is 2.04. The van der Waals surface area contributed by atoms with E-state index in [2.05, 4.69) is 0 Å². The molecule has 0 N–H and O–H groups in total. The van der Waals surface area contributed by atoms with Gasteiger partial charge in [-0.3, -0.25) is 4.79 Å². The van der Waals surface area contributed by atoms with E-state index in [1.807, 2.05) is 26.0 Å². The normalized spacial score (nSPS) is 10.2. The van der Waals surface area contributed by atoms with Gasteiger partial charge in [0.15, 0.2) is 6.61 Å². The quantitative estimate of drug-likeness (QED) is 0.633. The van der Waals surface area contributed by atoms with Crippen molar-refractivity contribution in [2.45, 2.75) is 13.8 Å². The zero-order valence-electron chi connectivity index (χ0n) is 11.9. The van der Waals surface area contributed by atoms with Crippen LogP contribution in [0.1, 0.15) is 31.8 Å². The van der Waals surface area contributed by atoms with Gasteiger partial charge in [-0.1, -0.05) is 29.3 Å². The Bertz CT molecular complexity index is 675. The number of halogens is 1. The highest BCUT2D eigenvalue weighted by Crippen LogP contribution is 2.13. The second-order valence-electron chi connectivity index (χ2n) is 4.82. The number of aryl methyl sites for hydroxylation is 2. The Balaban J connectivity index is 2.02. The minimum absolute atomic E-state index is 0.210. The molecular weight excluding hydrogens is 288 g/mol. The molecule has 0 aliphatic rings. The molecule has 0 radical (unpaired) electrons. The summed E-state index contributed by atoms with van der Waals surface area (Å²) in [7, 11) is 0. The lowest BCUT2D eigenvalue weighted by atomic mass is 10.0. The van der Waals surface area contributed by atoms with Crippen molar-refractivity contribution >= 4 is 23.4 Å². The van der Waals surface area contributed by atoms with E-state index < -0.39 is 5.97 Å². The van der Waals surface area contributed by atoms with Gasteiger partial charge < -0.3 is 4.74 Å². The maximum absolute atomic E-state index is 12.1. The monoisotopic (exact) mass is 302 g/mol. The first-order valence-corrected chi connectivity index (χ1v) is 6.88. The highest BCUT2D eigenvalue weighted by atomic mass is 35.5. The summed E-state index contributed by atoms with van der Waals surface area (Å²) in [6.45, 7) is 3.50. The van der Waals surface area contributed by atoms with E-state index in [0.29, 0.717) is 16.1 Å². The zero-order valence-corrected chi connectivity index (χ0v) is 12.6. The maximum Gasteiger partial charge on any atom is 0.338 e. The van der Waals surface area contributed by atoms with Gasteiger partial charge in [0.1, 0.15) is 0 Å². The largest absolute Gasteiger partial charge is 0.454 e. The Labute approximate surface area is 128 Å². The fraction of sp³-hybridized carbons (Fsp3) is 0.176. The molecule has 108 valence electrons. The highest BCUT2D eigenvalue weighted by Gasteiger charge is 2.13. The van der Waals surface area contributed by atoms with Gasteiger partial charge in [0.25, 0.3) is 0 Å². The van der Waals surface area contributed by atoms with Crippen molar-refractivity contribution in [2.75, 3.05) is 6.61 Å². The smallest absolute Gasteiger partial charge is 0.338 e. The van der Waals surface area contributed by atoms with Crippen molar-refractivity contribution in [3.05, 3.63) is 69.7 Å². The molecule has 4 heteroatoms. The molecule has 0 aromatic heterocycles. The number of hydrogen-bond donors (Lipinski definition) is 0. The Kier molecular flexibility index (Phi) is 4.76. The molecule has 0 atom stereocenters. The predicted octanol–water partition coefficient (Wildman–Crippen LogP) is 4.00. The second kappa shape index (κ2) is 6.55. The molecule has 0 spiro atoms. The highest BCUT2D eigenvalue weighted by molar-refractivity contribution is 6.30. The topological polar surface area (TPSA) is 43.4 Å². The summed E-state index contributed by atoms with van der Waals surface area (Å²) in [5, 5.41) is 0.540. The third-order valence-electron chi connectivity index (χ3n) is 3.11. The van der Waals surface area contributed by atoms with Crippen LogP contribution < -0.4 is 0 Å². The van der Waals surface area contributed by atoms with Crippen LogP contribution in [0.4, 0.5) is 0 Å². The van der Waals surface area contributed by atoms with E-state index in [1.54, 1.807) is 30.3 Å². The molecule has 0 fully saturated rings. The molecule has 0 bridgehead atoms. The van der Waals surface area contributed by atoms with Crippen LogP contribution in [0.5, 0.6) is 0 Å². The Hall–Kier alpha value is -2.13. The first-order valence-electron chi connectivity index (χ1n) is 6.50. The summed E-state index contributed by atoms with van der Waals surface area (Å²) >= 11 is 5.75. The first kappa shape index (κ1) is 15.3. The first-order chi connectivity index (χ1) is 9.97. The van der Waals surface area contributed by atoms with Crippen molar-refractivity contribution < 1.29 is 14.3 Å². The van der Waals surface area contributed by atoms with Gasteiger partial charge in [-0.15, -0.1) is 0 Å². The molecule has 3 nitrogen and oxygen atoms in total. The van der Waals surface area contributed by atoms with Gasteiger partial charge in [-0.05, 0) is 49.7 Å². The van der Waals surface area contributed by atoms with E-state index >= 15 is 0 Å². The van der Waals surface area contributed by atoms with E-state index in [4.69, 9.17) is 16.3 Å². The third-order valence-corrected chi connectivity index (χ3v) is 3.36. The molecule has 0 amide bonds. The van der Waals surface area contributed by atoms with Crippen molar-refractivity contribution in [1.82, 2.24) is 0 Å². The average molecular weight is 303 g/mol. The molecular formula is C17H15ClO3. The lowest BCUT2D eigenvalue weighted by molar-refractivity contribution is 0.0474. The van der Waals surface area contributed by atoms with Crippen molar-refractivity contribution in [3.8, 4) is 0 Å². The maximum atomic E-state index is 12.1. The van der Waals surface area contributed by atoms with E-state index in [9.17, 15) is 9.59 Å². The van der Waals surface area contributed by atoms with E-state index in [1.165, 1.54) is 0 Å². The summed E-state index contributed by atoms with van der Waals surface area (Å²) in [4.78, 5) is 23.9. The summed E-state index contributed by atoms with van der Waals surface area (Å²) < 4.78 is 5.05. The Morgan fingerprint density at radius 3 is 2.38 bits per heavy atom. The number of Topliss-reactive ketones (excluding diaryl/α,β-unsaturated/α-hetero) is 1. The van der Waals surface area contributed by atoms with Gasteiger partial charge in [-0.25, -0.2) is 4.79 Å². The fourth-order valence-electron chi connectivity index (χ4n) is 1.91. The van der Waals surface area contributed by atoms with Crippen LogP contribution in [0.25, 0.3) is 0 Å². The predicted molar refractivity (Wildman–Crippen MR) is 82.0 cm³/mol. The van der Waals surface area contributed by atoms with Crippen molar-refractivity contribution in [2.24, 2.45) is 0 Å². The third kappa shape index (κ3) is 3.92. The number of carbonyl (C=O) groups is 2. The molecule has 2 rings (SSSR count). The molecule has 2 aromatic rings. The minimum atomic E-state index is -0.537. The van der Waals surface area contributed by atoms with Crippen molar-refractivity contribution in [3.63, 3.8) is 0 Å². The molecule has 0 aliphatic carbocycles. The van der Waals surface area contributed by atoms with Gasteiger partial charge in [0.05, 0.1) is 5.56 Å². The number of carbonyl (C=O) groups excluding carboxylic acids is 2. The molecule has 0 aliphatic heterocycles. The second-order valence-corrected chi connectivity index (χ2v) is 5.26. The molecule has 0 saturated heterocycles. The standard InChI is InChI=1S/C17H15ClO3/c1-11-3-4-12(2)15(9-11)16(19)10-21-17(20)13-5-7-14(18)8-6-13/h3-9H,10H2,1-2H3. The molecule has 0 unspecified atom stereocenters. The molecule has 2 aromatic carbocycles. The lowest BCUT2D eigenvalue weighted by Gasteiger charge is -2.07. The van der Waals surface area contributed by atoms with Gasteiger partial charge in [-0.2, -0.15) is 0 Å². The number of ether oxygens (including phenoxy) is 1. The minimum Gasteiger partial charge on any atom is -0.454 e. The summed E-state index contributed by atoms with van der Waals surface area (Å²) in [5.74, 6) is -0.746. The van der Waals surface area contributed by atoms with Crippen molar-refractivity contribution in [1.29, 1.82) is 0 Å². The van der Waals surface area contributed by atoms with Gasteiger partial charge >= 0.3 is 5.97 Å². The van der Waals surface area contributed by atoms with Crippen LogP contribution in [0.2, 0.25) is 5.02 Å². The van der Waals surface area contributed by atoms with E-state index in [-0.39, 0.29) is 12.4 Å². The lowest BCUT2D eigenvalue weighted by Crippen LogP contribution is -2.15. The number of esters is 1. The van der Waals surface area contributed by atoms with Crippen LogP contribution in [-0.2, 0) is 4.74 Å². The SMILES string of the molecule is Cc1ccc(C)c(C(=O)COC(=O)c2ccc(Cl)cc2)c1. The number of ketones is 1. The number of hydrogen-bond acceptors (Lipinski definition) is 3. The van der Waals surface area contributed by atoms with E-state index in [0.717, 1.165) is 11.1 Å². The van der Waals surface area contributed by atoms with Gasteiger partial charge in [0, 0.05) is 10.6 Å². The summed E-state index contributed by atoms with van der Waals surface area (Å²) in [6, 6.07) is 11.9. The zero-order chi connectivity index (χ0) is 15.4. The molecule has 0 saturated carbocycles. The average Bonchev–Trinajstić information content (AvgIpc) is 2.47. The van der Waals surface area contributed by atoms with Gasteiger partial charge in [0.2, 0.25) is 5.78 Å². The Morgan fingerprint density at radius 2 is 1.71 bits per heavy atom. The summed E-state index contributed by atoms with van der Waals surface area (Å²) in [6.07, 6.45) is 0. The van der Waals surface area contributed by atoms with Crippen LogP contribution in [0, 0.1) is 13.8 Å². The molecule has 0 heterocycles. The number of rotatable bonds is 4. The van der Waals surface area contributed by atoms with Crippen LogP contribution >= 0.6 is 11.6 Å². The van der Waals surface area contributed by atoms with Crippen LogP contribution in [0.15, 0.2) is 42.5 Å². The molecule has 21 heavy (non-hydrogen) atoms. The Morgan fingerprint density at radius 1 is 1.05 bits per heavy atom. The number of benzene rings is 2. The van der Waals surface area contributed by atoms with Crippen LogP contribution in [-0.4, -0.2) is 18.4 Å². The summed E-state index contributed by atoms with van der Waals surface area (Å²) in [5.41, 5.74) is 2.81. The van der Waals surface area contributed by atoms with Crippen LogP contribution in [0.3, 0.4) is 0 Å².